The minimum Gasteiger partial charge on any atom is -0.447 e. The highest BCUT2D eigenvalue weighted by Gasteiger charge is 2.66. The maximum atomic E-state index is 14.8. The molecule has 3 aromatic carbocycles. The molecule has 7 rings (SSSR count). The number of benzene rings is 3. The van der Waals surface area contributed by atoms with Crippen molar-refractivity contribution in [2.75, 3.05) is 32.8 Å². The molecule has 1 N–H and O–H groups in total. The van der Waals surface area contributed by atoms with Crippen molar-refractivity contribution in [3.8, 4) is 0 Å². The molecule has 0 saturated carbocycles. The first-order chi connectivity index (χ1) is 26.9. The quantitative estimate of drug-likeness (QED) is 0.226. The summed E-state index contributed by atoms with van der Waals surface area (Å²) in [7, 11) is 0. The zero-order chi connectivity index (χ0) is 39.5. The summed E-state index contributed by atoms with van der Waals surface area (Å²) in [5.74, 6) is -1.52. The fourth-order valence-corrected chi connectivity index (χ4v) is 8.74. The Morgan fingerprint density at radius 2 is 1.59 bits per heavy atom. The van der Waals surface area contributed by atoms with E-state index in [1.54, 1.807) is 17.9 Å². The zero-order valence-electron chi connectivity index (χ0n) is 31.5. The largest absolute Gasteiger partial charge is 0.447 e. The molecule has 10 nitrogen and oxygen atoms in total. The fraction of sp³-hybridized carbons (Fsp3) is 0.442. The number of β-lactam (4-membered cyclic amide) rings is 1. The van der Waals surface area contributed by atoms with Crippen LogP contribution < -0.4 is 5.32 Å². The molecule has 0 aromatic heterocycles. The van der Waals surface area contributed by atoms with Crippen LogP contribution in [0, 0.1) is 0 Å². The molecule has 56 heavy (non-hydrogen) atoms. The van der Waals surface area contributed by atoms with Gasteiger partial charge in [0, 0.05) is 25.7 Å². The third-order valence-electron chi connectivity index (χ3n) is 11.8. The van der Waals surface area contributed by atoms with Crippen LogP contribution in [0.1, 0.15) is 73.7 Å². The topological polar surface area (TPSA) is 102 Å². The van der Waals surface area contributed by atoms with Gasteiger partial charge in [0.25, 0.3) is 5.91 Å². The molecular formula is C43H48F3N5O5. The number of piperidine rings is 2. The maximum absolute atomic E-state index is 14.8. The highest BCUT2D eigenvalue weighted by molar-refractivity contribution is 6.02. The van der Waals surface area contributed by atoms with Gasteiger partial charge in [-0.25, -0.2) is 4.79 Å². The van der Waals surface area contributed by atoms with E-state index in [1.807, 2.05) is 66.7 Å². The average molecular weight is 772 g/mol. The number of likely N-dealkylation sites (tertiary alicyclic amines) is 3. The Bertz CT molecular complexity index is 1910. The first-order valence-corrected chi connectivity index (χ1v) is 19.5. The lowest BCUT2D eigenvalue weighted by molar-refractivity contribution is -0.176. The number of amides is 4. The van der Waals surface area contributed by atoms with Gasteiger partial charge in [-0.3, -0.25) is 19.3 Å². The standard InChI is InChI=1S/C43H48F3N5O5/c1-42(51-36(29-56-41(51)55)32-15-7-3-8-16-32)37(19-18-30-12-5-2-6-13-30)50(40(42)54)35(39(53)47-28-31-14-11-17-33(26-31)43(44,45)46)27-38(52)49-24-20-34(21-25-49)48-22-9-4-10-23-48/h2-3,5-8,11-19,26,34-37H,4,9-10,20-25,27-29H2,1H3,(H,47,53)/b19-18+/t35-,36-,37-,42+/m1/s1. The zero-order valence-corrected chi connectivity index (χ0v) is 31.5. The van der Waals surface area contributed by atoms with Crippen LogP contribution in [-0.4, -0.2) is 99.9 Å². The summed E-state index contributed by atoms with van der Waals surface area (Å²) >= 11 is 0. The molecule has 296 valence electrons. The number of carbonyl (C=O) groups is 4. The second-order valence-corrected chi connectivity index (χ2v) is 15.3. The van der Waals surface area contributed by atoms with Crippen molar-refractivity contribution in [2.45, 2.75) is 87.9 Å². The van der Waals surface area contributed by atoms with Gasteiger partial charge in [-0.05, 0) is 74.5 Å². The molecule has 4 atom stereocenters. The molecule has 4 amide bonds. The van der Waals surface area contributed by atoms with Crippen LogP contribution in [0.3, 0.4) is 0 Å². The van der Waals surface area contributed by atoms with Crippen molar-refractivity contribution in [1.29, 1.82) is 0 Å². The van der Waals surface area contributed by atoms with Gasteiger partial charge in [-0.15, -0.1) is 0 Å². The number of nitrogens with one attached hydrogen (secondary N) is 1. The summed E-state index contributed by atoms with van der Waals surface area (Å²) in [6.07, 6.45) is 3.17. The Morgan fingerprint density at radius 1 is 0.911 bits per heavy atom. The van der Waals surface area contributed by atoms with Crippen molar-refractivity contribution < 1.29 is 37.1 Å². The van der Waals surface area contributed by atoms with Crippen molar-refractivity contribution in [2.24, 2.45) is 0 Å². The number of nitrogens with zero attached hydrogens (tertiary/aromatic N) is 4. The number of alkyl halides is 3. The lowest BCUT2D eigenvalue weighted by atomic mass is 9.75. The Balaban J connectivity index is 1.19. The maximum Gasteiger partial charge on any atom is 0.416 e. The monoisotopic (exact) mass is 771 g/mol. The molecule has 4 fully saturated rings. The minimum atomic E-state index is -4.57. The van der Waals surface area contributed by atoms with Crippen LogP contribution in [0.2, 0.25) is 0 Å². The molecule has 4 aliphatic heterocycles. The Hall–Kier alpha value is -5.17. The van der Waals surface area contributed by atoms with Crippen molar-refractivity contribution in [3.05, 3.63) is 113 Å². The predicted octanol–water partition coefficient (Wildman–Crippen LogP) is 6.43. The van der Waals surface area contributed by atoms with Crippen LogP contribution in [0.15, 0.2) is 91.0 Å². The van der Waals surface area contributed by atoms with E-state index >= 15 is 0 Å². The SMILES string of the molecule is C[C@@]1(N2C(=O)OC[C@@H]2c2ccccc2)C(=O)N([C@H](CC(=O)N2CCC(N3CCCCC3)CC2)C(=O)NCc2cccc(C(F)(F)F)c2)[C@@H]1/C=C/c1ccccc1. The van der Waals surface area contributed by atoms with E-state index in [4.69, 9.17) is 4.74 Å². The lowest BCUT2D eigenvalue weighted by Gasteiger charge is -2.59. The van der Waals surface area contributed by atoms with Gasteiger partial charge in [-0.2, -0.15) is 13.2 Å². The number of cyclic esters (lactones) is 1. The fourth-order valence-electron chi connectivity index (χ4n) is 8.74. The summed E-state index contributed by atoms with van der Waals surface area (Å²) in [4.78, 5) is 63.8. The number of hydrogen-bond acceptors (Lipinski definition) is 6. The summed E-state index contributed by atoms with van der Waals surface area (Å²) < 4.78 is 46.1. The Kier molecular flexibility index (Phi) is 11.5. The molecule has 0 bridgehead atoms. The number of ether oxygens (including phenoxy) is 1. The van der Waals surface area contributed by atoms with E-state index in [2.05, 4.69) is 10.2 Å². The van der Waals surface area contributed by atoms with Gasteiger partial charge in [-0.1, -0.05) is 91.4 Å². The van der Waals surface area contributed by atoms with E-state index < -0.39 is 53.3 Å². The second kappa shape index (κ2) is 16.5. The molecule has 0 aliphatic carbocycles. The Morgan fingerprint density at radius 3 is 2.27 bits per heavy atom. The molecule has 0 radical (unpaired) electrons. The van der Waals surface area contributed by atoms with E-state index in [9.17, 15) is 32.3 Å². The normalized spacial score (nSPS) is 24.2. The molecule has 0 spiro atoms. The first-order valence-electron chi connectivity index (χ1n) is 19.5. The number of carbonyl (C=O) groups excluding carboxylic acids is 4. The molecule has 0 unspecified atom stereocenters. The van der Waals surface area contributed by atoms with Crippen LogP contribution >= 0.6 is 0 Å². The van der Waals surface area contributed by atoms with Crippen LogP contribution in [-0.2, 0) is 31.8 Å². The van der Waals surface area contributed by atoms with Crippen molar-refractivity contribution in [1.82, 2.24) is 24.9 Å². The number of halogens is 3. The van der Waals surface area contributed by atoms with Gasteiger partial charge >= 0.3 is 12.3 Å². The first kappa shape index (κ1) is 39.1. The van der Waals surface area contributed by atoms with E-state index in [0.717, 1.165) is 49.2 Å². The van der Waals surface area contributed by atoms with E-state index in [0.29, 0.717) is 19.1 Å². The third-order valence-corrected chi connectivity index (χ3v) is 11.8. The number of hydrogen-bond donors (Lipinski definition) is 1. The average Bonchev–Trinajstić information content (AvgIpc) is 3.62. The van der Waals surface area contributed by atoms with Crippen LogP contribution in [0.5, 0.6) is 0 Å². The molecule has 3 aromatic rings. The summed E-state index contributed by atoms with van der Waals surface area (Å²) in [6.45, 7) is 4.55. The van der Waals surface area contributed by atoms with Gasteiger partial charge in [0.15, 0.2) is 0 Å². The predicted molar refractivity (Wildman–Crippen MR) is 204 cm³/mol. The van der Waals surface area contributed by atoms with E-state index in [-0.39, 0.29) is 31.0 Å². The molecular weight excluding hydrogens is 723 g/mol. The van der Waals surface area contributed by atoms with Crippen LogP contribution in [0.4, 0.5) is 18.0 Å². The summed E-state index contributed by atoms with van der Waals surface area (Å²) in [5, 5.41) is 2.73. The van der Waals surface area contributed by atoms with Crippen molar-refractivity contribution >= 4 is 29.9 Å². The highest BCUT2D eigenvalue weighted by Crippen LogP contribution is 2.46. The van der Waals surface area contributed by atoms with Crippen molar-refractivity contribution in [3.63, 3.8) is 0 Å². The summed E-state index contributed by atoms with van der Waals surface area (Å²) in [6, 6.07) is 20.9. The van der Waals surface area contributed by atoms with Gasteiger partial charge in [0.1, 0.15) is 18.2 Å². The van der Waals surface area contributed by atoms with Gasteiger partial charge in [0.2, 0.25) is 11.8 Å². The van der Waals surface area contributed by atoms with Crippen LogP contribution in [0.25, 0.3) is 6.08 Å². The van der Waals surface area contributed by atoms with Gasteiger partial charge in [0.05, 0.1) is 24.1 Å². The third kappa shape index (κ3) is 8.05. The molecule has 4 saturated heterocycles. The highest BCUT2D eigenvalue weighted by atomic mass is 19.4. The Labute approximate surface area is 325 Å². The summed E-state index contributed by atoms with van der Waals surface area (Å²) in [5.41, 5.74) is -0.557. The van der Waals surface area contributed by atoms with Gasteiger partial charge < -0.3 is 24.8 Å². The molecule has 13 heteroatoms. The second-order valence-electron chi connectivity index (χ2n) is 15.3. The minimum absolute atomic E-state index is 0.0214. The number of rotatable bonds is 11. The molecule has 4 heterocycles. The molecule has 4 aliphatic rings. The van der Waals surface area contributed by atoms with E-state index in [1.165, 1.54) is 41.2 Å². The lowest BCUT2D eigenvalue weighted by Crippen LogP contribution is -2.81. The smallest absolute Gasteiger partial charge is 0.416 e.